The summed E-state index contributed by atoms with van der Waals surface area (Å²) in [6.07, 6.45) is 4.85. The Morgan fingerprint density at radius 3 is 2.83 bits per heavy atom. The normalized spacial score (nSPS) is 11.1. The van der Waals surface area contributed by atoms with Gasteiger partial charge in [0.2, 0.25) is 5.91 Å². The van der Waals surface area contributed by atoms with Gasteiger partial charge in [-0.15, -0.1) is 0 Å². The Hall–Kier alpha value is -1.89. The maximum Gasteiger partial charge on any atom is 0.242 e. The lowest BCUT2D eigenvalue weighted by molar-refractivity contribution is -0.117. The van der Waals surface area contributed by atoms with Crippen LogP contribution in [0.5, 0.6) is 0 Å². The third-order valence-electron chi connectivity index (χ3n) is 3.81. The molecule has 0 aliphatic carbocycles. The molecule has 0 spiro atoms. The average Bonchev–Trinajstić information content (AvgIpc) is 3.20. The molecule has 1 aromatic carbocycles. The van der Waals surface area contributed by atoms with E-state index >= 15 is 0 Å². The van der Waals surface area contributed by atoms with E-state index in [-0.39, 0.29) is 12.5 Å². The topological polar surface area (TPSA) is 64.2 Å². The van der Waals surface area contributed by atoms with Crippen molar-refractivity contribution in [3.05, 3.63) is 47.2 Å². The molecule has 2 heterocycles. The van der Waals surface area contributed by atoms with E-state index in [1.807, 2.05) is 43.6 Å². The zero-order valence-electron chi connectivity index (χ0n) is 13.4. The standard InChI is InChI=1S/C17H19ClN4OS/c1-12-9-13(18)10-14-16(12)20-17(24-14)22(15(23)11-19)8-4-7-21-5-2-3-6-21/h2-3,5-6,9-10H,4,7-8,11,19H2,1H3. The van der Waals surface area contributed by atoms with Crippen LogP contribution < -0.4 is 10.6 Å². The van der Waals surface area contributed by atoms with E-state index in [1.165, 1.54) is 11.3 Å². The molecule has 7 heteroatoms. The maximum absolute atomic E-state index is 12.3. The smallest absolute Gasteiger partial charge is 0.242 e. The molecule has 0 fully saturated rings. The molecule has 0 radical (unpaired) electrons. The number of aromatic nitrogens is 2. The van der Waals surface area contributed by atoms with Crippen molar-refractivity contribution in [1.82, 2.24) is 9.55 Å². The highest BCUT2D eigenvalue weighted by atomic mass is 35.5. The van der Waals surface area contributed by atoms with Gasteiger partial charge in [-0.25, -0.2) is 4.98 Å². The number of carbonyl (C=O) groups excluding carboxylic acids is 1. The van der Waals surface area contributed by atoms with Gasteiger partial charge >= 0.3 is 0 Å². The minimum Gasteiger partial charge on any atom is -0.354 e. The predicted octanol–water partition coefficient (Wildman–Crippen LogP) is 3.44. The van der Waals surface area contributed by atoms with Gasteiger partial charge in [0.25, 0.3) is 0 Å². The number of fused-ring (bicyclic) bond motifs is 1. The van der Waals surface area contributed by atoms with E-state index in [0.717, 1.165) is 28.7 Å². The molecule has 0 saturated heterocycles. The van der Waals surface area contributed by atoms with Crippen LogP contribution in [-0.2, 0) is 11.3 Å². The van der Waals surface area contributed by atoms with Crippen molar-refractivity contribution >= 4 is 44.2 Å². The SMILES string of the molecule is Cc1cc(Cl)cc2sc(N(CCCn3cccc3)C(=O)CN)nc12. The first kappa shape index (κ1) is 17.0. The van der Waals surface area contributed by atoms with Gasteiger partial charge in [0, 0.05) is 30.5 Å². The first-order valence-electron chi connectivity index (χ1n) is 7.76. The number of nitrogens with two attached hydrogens (primary N) is 1. The largest absolute Gasteiger partial charge is 0.354 e. The molecular formula is C17H19ClN4OS. The monoisotopic (exact) mass is 362 g/mol. The molecule has 0 bridgehead atoms. The summed E-state index contributed by atoms with van der Waals surface area (Å²) in [5.41, 5.74) is 7.48. The Balaban J connectivity index is 1.82. The van der Waals surface area contributed by atoms with Crippen LogP contribution in [0.15, 0.2) is 36.7 Å². The Morgan fingerprint density at radius 1 is 1.38 bits per heavy atom. The van der Waals surface area contributed by atoms with Gasteiger partial charge in [0.15, 0.2) is 5.13 Å². The number of hydrogen-bond acceptors (Lipinski definition) is 4. The molecule has 2 aromatic heterocycles. The zero-order valence-corrected chi connectivity index (χ0v) is 15.0. The van der Waals surface area contributed by atoms with Gasteiger partial charge in [-0.1, -0.05) is 22.9 Å². The van der Waals surface area contributed by atoms with Crippen LogP contribution in [-0.4, -0.2) is 28.5 Å². The maximum atomic E-state index is 12.3. The number of anilines is 1. The van der Waals surface area contributed by atoms with Crippen LogP contribution in [0.4, 0.5) is 5.13 Å². The molecule has 126 valence electrons. The lowest BCUT2D eigenvalue weighted by atomic mass is 10.2. The Labute approximate surface area is 149 Å². The zero-order chi connectivity index (χ0) is 17.1. The quantitative estimate of drug-likeness (QED) is 0.730. The summed E-state index contributed by atoms with van der Waals surface area (Å²) < 4.78 is 3.07. The van der Waals surface area contributed by atoms with Crippen molar-refractivity contribution in [2.24, 2.45) is 5.73 Å². The van der Waals surface area contributed by atoms with Crippen LogP contribution >= 0.6 is 22.9 Å². The van der Waals surface area contributed by atoms with Crippen LogP contribution in [0, 0.1) is 6.92 Å². The summed E-state index contributed by atoms with van der Waals surface area (Å²) in [4.78, 5) is 18.6. The average molecular weight is 363 g/mol. The summed E-state index contributed by atoms with van der Waals surface area (Å²) in [5.74, 6) is -0.120. The van der Waals surface area contributed by atoms with Gasteiger partial charge in [0.05, 0.1) is 16.8 Å². The fourth-order valence-corrected chi connectivity index (χ4v) is 4.09. The number of amides is 1. The molecule has 0 aliphatic rings. The molecule has 3 aromatic rings. The summed E-state index contributed by atoms with van der Waals surface area (Å²) in [6, 6.07) is 7.75. The van der Waals surface area contributed by atoms with Crippen LogP contribution in [0.2, 0.25) is 5.02 Å². The van der Waals surface area contributed by atoms with Crippen molar-refractivity contribution in [3.63, 3.8) is 0 Å². The van der Waals surface area contributed by atoms with E-state index in [0.29, 0.717) is 16.7 Å². The second kappa shape index (κ2) is 7.34. The molecule has 0 aliphatic heterocycles. The number of thiazole rings is 1. The molecule has 0 saturated carbocycles. The second-order valence-electron chi connectivity index (χ2n) is 5.59. The van der Waals surface area contributed by atoms with Crippen molar-refractivity contribution in [1.29, 1.82) is 0 Å². The lowest BCUT2D eigenvalue weighted by Crippen LogP contribution is -2.37. The Morgan fingerprint density at radius 2 is 2.12 bits per heavy atom. The van der Waals surface area contributed by atoms with Crippen LogP contribution in [0.25, 0.3) is 10.2 Å². The fraction of sp³-hybridized carbons (Fsp3) is 0.294. The van der Waals surface area contributed by atoms with E-state index in [9.17, 15) is 4.79 Å². The molecule has 2 N–H and O–H groups in total. The number of hydrogen-bond donors (Lipinski definition) is 1. The summed E-state index contributed by atoms with van der Waals surface area (Å²) in [5, 5.41) is 1.36. The molecule has 3 rings (SSSR count). The highest BCUT2D eigenvalue weighted by molar-refractivity contribution is 7.22. The Bertz CT molecular complexity index is 844. The van der Waals surface area contributed by atoms with Crippen LogP contribution in [0.1, 0.15) is 12.0 Å². The van der Waals surface area contributed by atoms with Gasteiger partial charge in [-0.05, 0) is 43.2 Å². The van der Waals surface area contributed by atoms with Gasteiger partial charge in [0.1, 0.15) is 0 Å². The van der Waals surface area contributed by atoms with Crippen molar-refractivity contribution < 1.29 is 4.79 Å². The molecule has 0 atom stereocenters. The number of benzene rings is 1. The minimum absolute atomic E-state index is 0.0286. The Kier molecular flexibility index (Phi) is 5.18. The predicted molar refractivity (Wildman–Crippen MR) is 99.8 cm³/mol. The molecule has 5 nitrogen and oxygen atoms in total. The third kappa shape index (κ3) is 3.61. The summed E-state index contributed by atoms with van der Waals surface area (Å²) in [7, 11) is 0. The van der Waals surface area contributed by atoms with E-state index in [4.69, 9.17) is 17.3 Å². The first-order valence-corrected chi connectivity index (χ1v) is 8.96. The van der Waals surface area contributed by atoms with Gasteiger partial charge < -0.3 is 10.3 Å². The van der Waals surface area contributed by atoms with E-state index in [2.05, 4.69) is 9.55 Å². The van der Waals surface area contributed by atoms with Gasteiger partial charge in [-0.3, -0.25) is 9.69 Å². The van der Waals surface area contributed by atoms with Crippen molar-refractivity contribution in [2.75, 3.05) is 18.0 Å². The van der Waals surface area contributed by atoms with Crippen molar-refractivity contribution in [3.8, 4) is 0 Å². The number of nitrogens with zero attached hydrogens (tertiary/aromatic N) is 3. The number of aryl methyl sites for hydroxylation is 2. The van der Waals surface area contributed by atoms with E-state index < -0.39 is 0 Å². The third-order valence-corrected chi connectivity index (χ3v) is 5.05. The van der Waals surface area contributed by atoms with Crippen molar-refractivity contribution in [2.45, 2.75) is 19.9 Å². The number of rotatable bonds is 6. The highest BCUT2D eigenvalue weighted by Crippen LogP contribution is 2.33. The molecule has 1 amide bonds. The van der Waals surface area contributed by atoms with Crippen LogP contribution in [0.3, 0.4) is 0 Å². The number of carbonyl (C=O) groups is 1. The molecule has 24 heavy (non-hydrogen) atoms. The summed E-state index contributed by atoms with van der Waals surface area (Å²) >= 11 is 7.59. The highest BCUT2D eigenvalue weighted by Gasteiger charge is 2.19. The van der Waals surface area contributed by atoms with Gasteiger partial charge in [-0.2, -0.15) is 0 Å². The number of halogens is 1. The fourth-order valence-electron chi connectivity index (χ4n) is 2.63. The molecule has 0 unspecified atom stereocenters. The minimum atomic E-state index is -0.120. The summed E-state index contributed by atoms with van der Waals surface area (Å²) in [6.45, 7) is 3.37. The van der Waals surface area contributed by atoms with E-state index in [1.54, 1.807) is 4.90 Å². The second-order valence-corrected chi connectivity index (χ2v) is 7.04. The molecular weight excluding hydrogens is 344 g/mol. The first-order chi connectivity index (χ1) is 11.6. The lowest BCUT2D eigenvalue weighted by Gasteiger charge is -2.19.